The Hall–Kier alpha value is -1.71. The zero-order valence-electron chi connectivity index (χ0n) is 11.5. The molecule has 2 nitrogen and oxygen atoms in total. The van der Waals surface area contributed by atoms with E-state index in [2.05, 4.69) is 12.3 Å². The summed E-state index contributed by atoms with van der Waals surface area (Å²) < 4.78 is 14.2. The van der Waals surface area contributed by atoms with Gasteiger partial charge in [-0.1, -0.05) is 36.4 Å². The maximum atomic E-state index is 14.2. The molecule has 0 aliphatic carbocycles. The third-order valence-corrected chi connectivity index (χ3v) is 3.56. The highest BCUT2D eigenvalue weighted by Crippen LogP contribution is 2.26. The Labute approximate surface area is 113 Å². The minimum Gasteiger partial charge on any atom is -0.271 e. The first-order valence-electron chi connectivity index (χ1n) is 6.33. The smallest absolute Gasteiger partial charge is 0.131 e. The Morgan fingerprint density at radius 3 is 2.37 bits per heavy atom. The Morgan fingerprint density at radius 1 is 1.00 bits per heavy atom. The minimum atomic E-state index is -0.334. The Kier molecular flexibility index (Phi) is 3.98. The minimum absolute atomic E-state index is 0.205. The molecule has 19 heavy (non-hydrogen) atoms. The van der Waals surface area contributed by atoms with Crippen molar-refractivity contribution < 1.29 is 4.39 Å². The van der Waals surface area contributed by atoms with Crippen LogP contribution in [0.15, 0.2) is 36.4 Å². The summed E-state index contributed by atoms with van der Waals surface area (Å²) in [5.74, 6) is 5.42. The van der Waals surface area contributed by atoms with Crippen LogP contribution in [0.5, 0.6) is 0 Å². The fraction of sp³-hybridized carbons (Fsp3) is 0.250. The maximum absolute atomic E-state index is 14.2. The molecule has 2 aromatic rings. The van der Waals surface area contributed by atoms with E-state index in [-0.39, 0.29) is 11.9 Å². The van der Waals surface area contributed by atoms with E-state index in [0.717, 1.165) is 5.56 Å². The van der Waals surface area contributed by atoms with Gasteiger partial charge in [0.25, 0.3) is 0 Å². The van der Waals surface area contributed by atoms with Crippen LogP contribution in [0.25, 0.3) is 0 Å². The molecule has 1 atom stereocenters. The molecule has 0 heterocycles. The summed E-state index contributed by atoms with van der Waals surface area (Å²) in [6.07, 6.45) is 0. The van der Waals surface area contributed by atoms with Gasteiger partial charge in [0.05, 0.1) is 6.04 Å². The highest BCUT2D eigenvalue weighted by atomic mass is 19.1. The van der Waals surface area contributed by atoms with E-state index in [1.165, 1.54) is 11.1 Å². The molecule has 100 valence electrons. The van der Waals surface area contributed by atoms with Gasteiger partial charge in [0.2, 0.25) is 0 Å². The van der Waals surface area contributed by atoms with Crippen LogP contribution in [0.2, 0.25) is 0 Å². The third-order valence-electron chi connectivity index (χ3n) is 3.56. The van der Waals surface area contributed by atoms with E-state index < -0.39 is 0 Å². The quantitative estimate of drug-likeness (QED) is 0.655. The summed E-state index contributed by atoms with van der Waals surface area (Å²) in [6, 6.07) is 11.1. The highest BCUT2D eigenvalue weighted by Gasteiger charge is 2.17. The number of nitrogens with two attached hydrogens (primary N) is 1. The van der Waals surface area contributed by atoms with E-state index in [1.54, 1.807) is 19.1 Å². The molecule has 3 heteroatoms. The predicted octanol–water partition coefficient (Wildman–Crippen LogP) is 3.30. The van der Waals surface area contributed by atoms with Crippen molar-refractivity contribution in [2.75, 3.05) is 0 Å². The lowest BCUT2D eigenvalue weighted by Crippen LogP contribution is -2.29. The highest BCUT2D eigenvalue weighted by molar-refractivity contribution is 5.38. The number of benzene rings is 2. The van der Waals surface area contributed by atoms with E-state index in [4.69, 9.17) is 5.84 Å². The normalized spacial score (nSPS) is 12.5. The lowest BCUT2D eigenvalue weighted by Gasteiger charge is -2.19. The molecular weight excluding hydrogens is 239 g/mol. The van der Waals surface area contributed by atoms with Crippen LogP contribution >= 0.6 is 0 Å². The Bertz CT molecular complexity index is 593. The van der Waals surface area contributed by atoms with Crippen LogP contribution in [0, 0.1) is 26.6 Å². The monoisotopic (exact) mass is 258 g/mol. The van der Waals surface area contributed by atoms with E-state index in [9.17, 15) is 4.39 Å². The zero-order valence-corrected chi connectivity index (χ0v) is 11.5. The molecule has 1 unspecified atom stereocenters. The second-order valence-corrected chi connectivity index (χ2v) is 4.92. The molecule has 0 spiro atoms. The molecular formula is C16H19FN2. The summed E-state index contributed by atoms with van der Waals surface area (Å²) in [4.78, 5) is 0. The van der Waals surface area contributed by atoms with E-state index in [0.29, 0.717) is 11.1 Å². The van der Waals surface area contributed by atoms with E-state index in [1.807, 2.05) is 31.2 Å². The fourth-order valence-electron chi connectivity index (χ4n) is 2.20. The summed E-state index contributed by atoms with van der Waals surface area (Å²) in [5, 5.41) is 0. The molecule has 0 saturated carbocycles. The van der Waals surface area contributed by atoms with Crippen molar-refractivity contribution in [2.24, 2.45) is 5.84 Å². The lowest BCUT2D eigenvalue weighted by atomic mass is 9.95. The molecule has 0 amide bonds. The molecule has 0 fully saturated rings. The fourth-order valence-corrected chi connectivity index (χ4v) is 2.20. The van der Waals surface area contributed by atoms with Crippen LogP contribution in [-0.2, 0) is 0 Å². The lowest BCUT2D eigenvalue weighted by molar-refractivity contribution is 0.554. The van der Waals surface area contributed by atoms with Crippen LogP contribution in [0.1, 0.15) is 33.9 Å². The van der Waals surface area contributed by atoms with Crippen LogP contribution in [0.3, 0.4) is 0 Å². The van der Waals surface area contributed by atoms with Crippen LogP contribution in [-0.4, -0.2) is 0 Å². The molecule has 0 radical (unpaired) electrons. The molecule has 2 rings (SSSR count). The Morgan fingerprint density at radius 2 is 1.74 bits per heavy atom. The van der Waals surface area contributed by atoms with Gasteiger partial charge in [0.1, 0.15) is 5.82 Å². The standard InChI is InChI=1S/C16H19FN2/c1-10-7-8-13(9-12(10)3)16(19-18)14-6-4-5-11(2)15(14)17/h4-9,16,19H,18H2,1-3H3. The predicted molar refractivity (Wildman–Crippen MR) is 76.2 cm³/mol. The molecule has 0 aliphatic heterocycles. The molecule has 2 aromatic carbocycles. The summed E-state index contributed by atoms with van der Waals surface area (Å²) in [6.45, 7) is 5.85. The number of nitrogens with one attached hydrogen (secondary N) is 1. The van der Waals surface area contributed by atoms with Crippen molar-refractivity contribution in [1.29, 1.82) is 0 Å². The zero-order chi connectivity index (χ0) is 14.0. The van der Waals surface area contributed by atoms with Crippen molar-refractivity contribution in [3.63, 3.8) is 0 Å². The average Bonchev–Trinajstić information content (AvgIpc) is 2.39. The number of hydrogen-bond donors (Lipinski definition) is 2. The van der Waals surface area contributed by atoms with Gasteiger partial charge in [-0.25, -0.2) is 9.82 Å². The van der Waals surface area contributed by atoms with Crippen molar-refractivity contribution in [3.8, 4) is 0 Å². The number of rotatable bonds is 3. The van der Waals surface area contributed by atoms with Gasteiger partial charge in [-0.05, 0) is 43.0 Å². The summed E-state index contributed by atoms with van der Waals surface area (Å²) in [5.41, 5.74) is 7.26. The van der Waals surface area contributed by atoms with Crippen molar-refractivity contribution >= 4 is 0 Å². The Balaban J connectivity index is 2.50. The summed E-state index contributed by atoms with van der Waals surface area (Å²) >= 11 is 0. The average molecular weight is 258 g/mol. The molecule has 0 saturated heterocycles. The largest absolute Gasteiger partial charge is 0.271 e. The van der Waals surface area contributed by atoms with E-state index >= 15 is 0 Å². The second kappa shape index (κ2) is 5.51. The van der Waals surface area contributed by atoms with Gasteiger partial charge < -0.3 is 0 Å². The van der Waals surface area contributed by atoms with Gasteiger partial charge in [-0.15, -0.1) is 0 Å². The first-order valence-corrected chi connectivity index (χ1v) is 6.33. The molecule has 0 aromatic heterocycles. The van der Waals surface area contributed by atoms with Gasteiger partial charge in [-0.3, -0.25) is 5.84 Å². The van der Waals surface area contributed by atoms with Gasteiger partial charge in [0.15, 0.2) is 0 Å². The number of hydrogen-bond acceptors (Lipinski definition) is 2. The van der Waals surface area contributed by atoms with Crippen molar-refractivity contribution in [2.45, 2.75) is 26.8 Å². The molecule has 3 N–H and O–H groups in total. The van der Waals surface area contributed by atoms with Crippen molar-refractivity contribution in [1.82, 2.24) is 5.43 Å². The molecule has 0 aliphatic rings. The van der Waals surface area contributed by atoms with Crippen LogP contribution < -0.4 is 11.3 Å². The van der Waals surface area contributed by atoms with Crippen LogP contribution in [0.4, 0.5) is 4.39 Å². The number of aryl methyl sites for hydroxylation is 3. The number of halogens is 1. The first-order chi connectivity index (χ1) is 9.04. The summed E-state index contributed by atoms with van der Waals surface area (Å²) in [7, 11) is 0. The number of hydrazine groups is 1. The van der Waals surface area contributed by atoms with Gasteiger partial charge in [0, 0.05) is 5.56 Å². The first kappa shape index (κ1) is 13.7. The van der Waals surface area contributed by atoms with Crippen molar-refractivity contribution in [3.05, 3.63) is 70.0 Å². The third kappa shape index (κ3) is 2.67. The molecule has 0 bridgehead atoms. The SMILES string of the molecule is Cc1ccc(C(NN)c2cccc(C)c2F)cc1C. The van der Waals surface area contributed by atoms with Gasteiger partial charge in [-0.2, -0.15) is 0 Å². The topological polar surface area (TPSA) is 38.0 Å². The maximum Gasteiger partial charge on any atom is 0.131 e. The van der Waals surface area contributed by atoms with Gasteiger partial charge >= 0.3 is 0 Å². The second-order valence-electron chi connectivity index (χ2n) is 4.92.